The first kappa shape index (κ1) is 14.2. The molecule has 100 valence electrons. The molecule has 0 amide bonds. The third-order valence-electron chi connectivity index (χ3n) is 3.45. The number of Topliss-reactive ketones (excluding diaryl/α,β-unsaturated/α-hetero) is 1. The number of hydrogen-bond acceptors (Lipinski definition) is 4. The van der Waals surface area contributed by atoms with Crippen molar-refractivity contribution in [2.45, 2.75) is 30.9 Å². The van der Waals surface area contributed by atoms with Crippen LogP contribution < -0.4 is 0 Å². The number of hydrogen-bond donors (Lipinski definition) is 0. The van der Waals surface area contributed by atoms with E-state index in [2.05, 4.69) is 15.9 Å². The van der Waals surface area contributed by atoms with Crippen molar-refractivity contribution in [1.29, 1.82) is 0 Å². The van der Waals surface area contributed by atoms with E-state index in [-0.39, 0.29) is 17.0 Å². The zero-order valence-corrected chi connectivity index (χ0v) is 13.3. The Hall–Kier alpha value is -0.200. The van der Waals surface area contributed by atoms with Crippen LogP contribution in [0.2, 0.25) is 0 Å². The van der Waals surface area contributed by atoms with E-state index in [4.69, 9.17) is 0 Å². The minimum absolute atomic E-state index is 0.0882. The van der Waals surface area contributed by atoms with Gasteiger partial charge in [-0.05, 0) is 41.3 Å². The van der Waals surface area contributed by atoms with Crippen LogP contribution in [0.25, 0.3) is 0 Å². The second kappa shape index (κ2) is 5.43. The molecule has 2 atom stereocenters. The van der Waals surface area contributed by atoms with Crippen LogP contribution in [0.3, 0.4) is 0 Å². The van der Waals surface area contributed by atoms with Gasteiger partial charge in [0.2, 0.25) is 0 Å². The van der Waals surface area contributed by atoms with Gasteiger partial charge in [0.05, 0.1) is 9.04 Å². The maximum atomic E-state index is 12.3. The Kier molecular flexibility index (Phi) is 4.29. The summed E-state index contributed by atoms with van der Waals surface area (Å²) in [4.78, 5) is 12.3. The first-order valence-corrected chi connectivity index (χ1v) is 9.48. The van der Waals surface area contributed by atoms with Gasteiger partial charge in [0, 0.05) is 23.1 Å². The van der Waals surface area contributed by atoms with Crippen molar-refractivity contribution in [3.8, 4) is 0 Å². The SMILES string of the molecule is CS(=O)(=O)C1CCCC(C(=O)c2csc(Br)c2)C1. The molecule has 1 fully saturated rings. The maximum absolute atomic E-state index is 12.3. The van der Waals surface area contributed by atoms with Crippen LogP contribution in [0.15, 0.2) is 15.2 Å². The molecule has 0 saturated heterocycles. The highest BCUT2D eigenvalue weighted by atomic mass is 79.9. The van der Waals surface area contributed by atoms with Crippen molar-refractivity contribution < 1.29 is 13.2 Å². The number of sulfone groups is 1. The van der Waals surface area contributed by atoms with Gasteiger partial charge in [-0.2, -0.15) is 0 Å². The molecule has 2 unspecified atom stereocenters. The highest BCUT2D eigenvalue weighted by molar-refractivity contribution is 9.11. The van der Waals surface area contributed by atoms with E-state index in [9.17, 15) is 13.2 Å². The van der Waals surface area contributed by atoms with E-state index in [1.54, 1.807) is 0 Å². The summed E-state index contributed by atoms with van der Waals surface area (Å²) in [5, 5.41) is 1.48. The number of rotatable bonds is 3. The van der Waals surface area contributed by atoms with Crippen LogP contribution in [-0.2, 0) is 9.84 Å². The van der Waals surface area contributed by atoms with E-state index < -0.39 is 9.84 Å². The second-order valence-corrected chi connectivity index (χ2v) is 9.43. The molecule has 0 radical (unpaired) electrons. The Morgan fingerprint density at radius 1 is 1.44 bits per heavy atom. The number of carbonyl (C=O) groups is 1. The van der Waals surface area contributed by atoms with Crippen LogP contribution in [-0.4, -0.2) is 25.7 Å². The van der Waals surface area contributed by atoms with Gasteiger partial charge in [-0.3, -0.25) is 4.79 Å². The van der Waals surface area contributed by atoms with Crippen molar-refractivity contribution in [3.63, 3.8) is 0 Å². The van der Waals surface area contributed by atoms with Crippen LogP contribution in [0, 0.1) is 5.92 Å². The average Bonchev–Trinajstić information content (AvgIpc) is 2.74. The molecular formula is C12H15BrO3S2. The molecule has 0 aromatic carbocycles. The lowest BCUT2D eigenvalue weighted by Gasteiger charge is -2.26. The minimum atomic E-state index is -3.03. The maximum Gasteiger partial charge on any atom is 0.166 e. The van der Waals surface area contributed by atoms with Crippen LogP contribution in [0.1, 0.15) is 36.0 Å². The van der Waals surface area contributed by atoms with E-state index in [0.29, 0.717) is 18.4 Å². The lowest BCUT2D eigenvalue weighted by atomic mass is 9.84. The van der Waals surface area contributed by atoms with Gasteiger partial charge in [0.15, 0.2) is 5.78 Å². The highest BCUT2D eigenvalue weighted by Crippen LogP contribution is 2.32. The Bertz CT molecular complexity index is 547. The van der Waals surface area contributed by atoms with Gasteiger partial charge in [-0.25, -0.2) is 8.42 Å². The van der Waals surface area contributed by atoms with E-state index in [1.807, 2.05) is 11.4 Å². The summed E-state index contributed by atoms with van der Waals surface area (Å²) in [6, 6.07) is 1.82. The molecule has 0 aliphatic heterocycles. The summed E-state index contributed by atoms with van der Waals surface area (Å²) in [6.07, 6.45) is 4.06. The molecule has 6 heteroatoms. The Balaban J connectivity index is 2.12. The van der Waals surface area contributed by atoms with Crippen LogP contribution in [0.4, 0.5) is 0 Å². The molecule has 2 rings (SSSR count). The monoisotopic (exact) mass is 350 g/mol. The van der Waals surface area contributed by atoms with Crippen molar-refractivity contribution in [2.75, 3.05) is 6.26 Å². The molecule has 3 nitrogen and oxygen atoms in total. The molecular weight excluding hydrogens is 336 g/mol. The highest BCUT2D eigenvalue weighted by Gasteiger charge is 2.32. The molecule has 0 spiro atoms. The summed E-state index contributed by atoms with van der Waals surface area (Å²) < 4.78 is 24.1. The largest absolute Gasteiger partial charge is 0.294 e. The third-order valence-corrected chi connectivity index (χ3v) is 6.60. The molecule has 1 heterocycles. The minimum Gasteiger partial charge on any atom is -0.294 e. The Morgan fingerprint density at radius 2 is 2.17 bits per heavy atom. The van der Waals surface area contributed by atoms with Crippen molar-refractivity contribution in [1.82, 2.24) is 0 Å². The molecule has 0 N–H and O–H groups in total. The number of carbonyl (C=O) groups excluding carboxylic acids is 1. The predicted octanol–water partition coefficient (Wildman–Crippen LogP) is 3.30. The molecule has 1 saturated carbocycles. The Labute approximate surface area is 120 Å². The van der Waals surface area contributed by atoms with Crippen LogP contribution >= 0.6 is 27.3 Å². The van der Waals surface area contributed by atoms with Gasteiger partial charge in [-0.1, -0.05) is 6.42 Å². The molecule has 1 aromatic rings. The van der Waals surface area contributed by atoms with Crippen molar-refractivity contribution >= 4 is 42.9 Å². The van der Waals surface area contributed by atoms with Gasteiger partial charge >= 0.3 is 0 Å². The summed E-state index contributed by atoms with van der Waals surface area (Å²) in [5.41, 5.74) is 0.700. The number of halogens is 1. The quantitative estimate of drug-likeness (QED) is 0.785. The van der Waals surface area contributed by atoms with Gasteiger partial charge < -0.3 is 0 Å². The number of ketones is 1. The molecule has 1 aliphatic rings. The molecule has 1 aliphatic carbocycles. The van der Waals surface area contributed by atoms with Crippen molar-refractivity contribution in [2.24, 2.45) is 5.92 Å². The van der Waals surface area contributed by atoms with E-state index >= 15 is 0 Å². The topological polar surface area (TPSA) is 51.2 Å². The fourth-order valence-electron chi connectivity index (χ4n) is 2.45. The van der Waals surface area contributed by atoms with E-state index in [0.717, 1.165) is 16.6 Å². The first-order chi connectivity index (χ1) is 8.38. The zero-order valence-electron chi connectivity index (χ0n) is 10.1. The molecule has 18 heavy (non-hydrogen) atoms. The van der Waals surface area contributed by atoms with Crippen LogP contribution in [0.5, 0.6) is 0 Å². The predicted molar refractivity (Wildman–Crippen MR) is 76.9 cm³/mol. The van der Waals surface area contributed by atoms with Gasteiger partial charge in [0.1, 0.15) is 9.84 Å². The Morgan fingerprint density at radius 3 is 2.72 bits per heavy atom. The molecule has 0 bridgehead atoms. The average molecular weight is 351 g/mol. The van der Waals surface area contributed by atoms with Crippen molar-refractivity contribution in [3.05, 3.63) is 20.8 Å². The fourth-order valence-corrected chi connectivity index (χ4v) is 4.77. The first-order valence-electron chi connectivity index (χ1n) is 5.85. The number of thiophene rings is 1. The third kappa shape index (κ3) is 3.22. The lowest BCUT2D eigenvalue weighted by molar-refractivity contribution is 0.0891. The van der Waals surface area contributed by atoms with E-state index in [1.165, 1.54) is 17.6 Å². The fraction of sp³-hybridized carbons (Fsp3) is 0.583. The summed E-state index contributed by atoms with van der Waals surface area (Å²) >= 11 is 4.82. The lowest BCUT2D eigenvalue weighted by Crippen LogP contribution is -2.31. The standard InChI is InChI=1S/C12H15BrO3S2/c1-18(15,16)10-4-2-3-8(5-10)12(14)9-6-11(13)17-7-9/h6-8,10H,2-5H2,1H3. The summed E-state index contributed by atoms with van der Waals surface area (Å²) in [7, 11) is -3.03. The smallest absolute Gasteiger partial charge is 0.166 e. The van der Waals surface area contributed by atoms with Gasteiger partial charge in [-0.15, -0.1) is 11.3 Å². The van der Waals surface area contributed by atoms with Gasteiger partial charge in [0.25, 0.3) is 0 Å². The zero-order chi connectivity index (χ0) is 13.3. The summed E-state index contributed by atoms with van der Waals surface area (Å²) in [5.74, 6) is -0.0507. The normalized spacial score (nSPS) is 25.0. The molecule has 1 aromatic heterocycles. The second-order valence-electron chi connectivity index (χ2n) is 4.82. The summed E-state index contributed by atoms with van der Waals surface area (Å²) in [6.45, 7) is 0.